The van der Waals surface area contributed by atoms with Gasteiger partial charge in [-0.2, -0.15) is 0 Å². The van der Waals surface area contributed by atoms with E-state index in [0.717, 1.165) is 0 Å². The number of anilines is 1. The van der Waals surface area contributed by atoms with Gasteiger partial charge in [0.15, 0.2) is 11.5 Å². The van der Waals surface area contributed by atoms with Gasteiger partial charge in [-0.05, 0) is 39.5 Å². The summed E-state index contributed by atoms with van der Waals surface area (Å²) < 4.78 is 37.6. The van der Waals surface area contributed by atoms with Crippen molar-refractivity contribution < 1.29 is 42.3 Å². The first-order chi connectivity index (χ1) is 16.1. The lowest BCUT2D eigenvalue weighted by Crippen LogP contribution is -2.17. The number of nitrogen functional groups attached to an aromatic ring is 1. The quantitative estimate of drug-likeness (QED) is 0.177. The number of nitrogens with two attached hydrogens (primary N) is 1. The Balaban J connectivity index is 1.88. The van der Waals surface area contributed by atoms with Gasteiger partial charge in [0.2, 0.25) is 20.1 Å². The fourth-order valence-electron chi connectivity index (χ4n) is 2.28. The molecule has 0 bridgehead atoms. The third-order valence-corrected chi connectivity index (χ3v) is 6.12. The van der Waals surface area contributed by atoms with Crippen LogP contribution in [0.1, 0.15) is 27.7 Å². The van der Waals surface area contributed by atoms with Gasteiger partial charge in [0.1, 0.15) is 18.2 Å². The van der Waals surface area contributed by atoms with Crippen molar-refractivity contribution >= 4 is 47.6 Å². The first kappa shape index (κ1) is 27.7. The molecule has 0 aromatic carbocycles. The van der Waals surface area contributed by atoms with Crippen LogP contribution in [-0.2, 0) is 51.1 Å². The lowest BCUT2D eigenvalue weighted by molar-refractivity contribution is -0.0274. The van der Waals surface area contributed by atoms with Gasteiger partial charge < -0.3 is 34.0 Å². The molecule has 0 saturated carbocycles. The zero-order valence-electron chi connectivity index (χ0n) is 19.2. The van der Waals surface area contributed by atoms with E-state index in [-0.39, 0.29) is 31.0 Å². The van der Waals surface area contributed by atoms with E-state index in [9.17, 15) is 9.59 Å². The van der Waals surface area contributed by atoms with E-state index in [1.807, 2.05) is 0 Å². The summed E-state index contributed by atoms with van der Waals surface area (Å²) in [5.41, 5.74) is 6.81. The van der Waals surface area contributed by atoms with Gasteiger partial charge in [0.25, 0.3) is 0 Å². The molecule has 2 rings (SSSR count). The minimum Gasteiger partial charge on any atom is -0.432 e. The molecule has 2 aromatic rings. The topological polar surface area (TPSA) is 168 Å². The number of fused-ring (bicyclic) bond motifs is 1. The fraction of sp³-hybridized carbons (Fsp3) is 0.611. The largest absolute Gasteiger partial charge is 0.510 e. The molecule has 0 aliphatic carbocycles. The number of hydrogen-bond donors (Lipinski definition) is 1. The van der Waals surface area contributed by atoms with E-state index < -0.39 is 32.4 Å². The Morgan fingerprint density at radius 2 is 1.62 bits per heavy atom. The number of carbonyl (C=O) groups is 2. The maximum absolute atomic E-state index is 11.5. The molecule has 0 spiro atoms. The Morgan fingerprint density at radius 3 is 2.18 bits per heavy atom. The standard InChI is InChI=1S/C18H28N5O9PS/c1-12(2)31-17(24)27-9-29-33(34,30-10-28-18(25)32-13(3)4)11-26-6-5-23-8-22-14-15(19)20-7-21-16(14)23/h7-8,12-13H,5-6,9-11H2,1-4H3,(H2,19,20,21). The maximum atomic E-state index is 11.5. The molecule has 2 aromatic heterocycles. The Hall–Kier alpha value is -2.58. The monoisotopic (exact) mass is 521 g/mol. The zero-order valence-corrected chi connectivity index (χ0v) is 21.0. The van der Waals surface area contributed by atoms with Crippen LogP contribution in [0, 0.1) is 0 Å². The lowest BCUT2D eigenvalue weighted by Gasteiger charge is -2.22. The number of aromatic nitrogens is 4. The summed E-state index contributed by atoms with van der Waals surface area (Å²) in [4.78, 5) is 35.3. The SMILES string of the molecule is CC(C)OC(=O)OCOP(=S)(COCCn1cnc2c(N)ncnc21)OCOC(=O)OC(C)C. The van der Waals surface area contributed by atoms with Gasteiger partial charge in [0.05, 0.1) is 25.1 Å². The molecule has 0 saturated heterocycles. The second-order valence-corrected chi connectivity index (χ2v) is 10.8. The molecular weight excluding hydrogens is 493 g/mol. The Kier molecular flexibility index (Phi) is 10.9. The molecular formula is C18H28N5O9PS. The number of carbonyl (C=O) groups excluding carboxylic acids is 2. The summed E-state index contributed by atoms with van der Waals surface area (Å²) in [6, 6.07) is 0. The second-order valence-electron chi connectivity index (χ2n) is 7.13. The number of nitrogens with zero attached hydrogens (tertiary/aromatic N) is 4. The average molecular weight is 521 g/mol. The number of imidazole rings is 1. The molecule has 16 heteroatoms. The number of ether oxygens (including phenoxy) is 5. The third-order valence-electron chi connectivity index (χ3n) is 3.67. The lowest BCUT2D eigenvalue weighted by atomic mass is 10.5. The first-order valence-corrected chi connectivity index (χ1v) is 13.0. The average Bonchev–Trinajstić information content (AvgIpc) is 3.14. The van der Waals surface area contributed by atoms with Crippen LogP contribution in [-0.4, -0.2) is 70.6 Å². The molecule has 0 fully saturated rings. The van der Waals surface area contributed by atoms with Crippen molar-refractivity contribution in [2.24, 2.45) is 0 Å². The zero-order chi connectivity index (χ0) is 25.1. The number of hydrogen-bond acceptors (Lipinski definition) is 14. The molecule has 14 nitrogen and oxygen atoms in total. The van der Waals surface area contributed by atoms with E-state index in [1.165, 1.54) is 6.33 Å². The van der Waals surface area contributed by atoms with Crippen molar-refractivity contribution in [1.29, 1.82) is 0 Å². The predicted molar refractivity (Wildman–Crippen MR) is 122 cm³/mol. The van der Waals surface area contributed by atoms with E-state index in [4.69, 9.17) is 50.3 Å². The van der Waals surface area contributed by atoms with Gasteiger partial charge in [-0.1, -0.05) is 0 Å². The number of rotatable bonds is 13. The Morgan fingerprint density at radius 1 is 1.03 bits per heavy atom. The molecule has 0 radical (unpaired) electrons. The fourth-order valence-corrected chi connectivity index (χ4v) is 3.76. The van der Waals surface area contributed by atoms with Gasteiger partial charge >= 0.3 is 12.3 Å². The maximum Gasteiger partial charge on any atom is 0.510 e. The van der Waals surface area contributed by atoms with Crippen LogP contribution in [0.25, 0.3) is 11.2 Å². The van der Waals surface area contributed by atoms with Crippen LogP contribution in [0.4, 0.5) is 15.4 Å². The van der Waals surface area contributed by atoms with E-state index in [0.29, 0.717) is 17.7 Å². The molecule has 0 aliphatic rings. The second kappa shape index (κ2) is 13.3. The van der Waals surface area contributed by atoms with Crippen LogP contribution in [0.15, 0.2) is 12.7 Å². The molecule has 0 aliphatic heterocycles. The summed E-state index contributed by atoms with van der Waals surface area (Å²) >= 11 is 5.41. The Labute approximate surface area is 201 Å². The highest BCUT2D eigenvalue weighted by Gasteiger charge is 2.23. The van der Waals surface area contributed by atoms with Crippen LogP contribution < -0.4 is 5.73 Å². The van der Waals surface area contributed by atoms with E-state index in [2.05, 4.69) is 15.0 Å². The molecule has 2 N–H and O–H groups in total. The third kappa shape index (κ3) is 9.35. The summed E-state index contributed by atoms with van der Waals surface area (Å²) in [6.07, 6.45) is 0.143. The van der Waals surface area contributed by atoms with Gasteiger partial charge in [-0.3, -0.25) is 9.05 Å². The minimum absolute atomic E-state index is 0.169. The van der Waals surface area contributed by atoms with Crippen LogP contribution in [0.2, 0.25) is 0 Å². The van der Waals surface area contributed by atoms with Gasteiger partial charge in [-0.15, -0.1) is 0 Å². The van der Waals surface area contributed by atoms with E-state index >= 15 is 0 Å². The van der Waals surface area contributed by atoms with E-state index in [1.54, 1.807) is 38.6 Å². The van der Waals surface area contributed by atoms with Crippen LogP contribution >= 0.6 is 6.49 Å². The summed E-state index contributed by atoms with van der Waals surface area (Å²) in [5, 5.41) is 0. The molecule has 0 amide bonds. The molecule has 2 heterocycles. The van der Waals surface area contributed by atoms with Crippen LogP contribution in [0.3, 0.4) is 0 Å². The Bertz CT molecular complexity index is 971. The summed E-state index contributed by atoms with van der Waals surface area (Å²) in [6.45, 7) is 2.97. The summed E-state index contributed by atoms with van der Waals surface area (Å²) in [5.74, 6) is 0.272. The van der Waals surface area contributed by atoms with Gasteiger partial charge in [-0.25, -0.2) is 24.5 Å². The summed E-state index contributed by atoms with van der Waals surface area (Å²) in [7, 11) is 0. The van der Waals surface area contributed by atoms with Crippen molar-refractivity contribution in [3.63, 3.8) is 0 Å². The highest BCUT2D eigenvalue weighted by molar-refractivity contribution is 8.09. The first-order valence-electron chi connectivity index (χ1n) is 10.1. The minimum atomic E-state index is -3.19. The normalized spacial score (nSPS) is 11.7. The van der Waals surface area contributed by atoms with Crippen molar-refractivity contribution in [2.75, 3.05) is 32.3 Å². The van der Waals surface area contributed by atoms with Gasteiger partial charge in [0, 0.05) is 6.54 Å². The molecule has 0 unspecified atom stereocenters. The molecule has 0 atom stereocenters. The van der Waals surface area contributed by atoms with Crippen molar-refractivity contribution in [2.45, 2.75) is 46.4 Å². The van der Waals surface area contributed by atoms with Crippen molar-refractivity contribution in [3.05, 3.63) is 12.7 Å². The predicted octanol–water partition coefficient (Wildman–Crippen LogP) is 2.76. The van der Waals surface area contributed by atoms with Crippen molar-refractivity contribution in [1.82, 2.24) is 19.5 Å². The van der Waals surface area contributed by atoms with Crippen LogP contribution in [0.5, 0.6) is 0 Å². The highest BCUT2D eigenvalue weighted by Crippen LogP contribution is 2.48. The molecule has 190 valence electrons. The van der Waals surface area contributed by atoms with Crippen molar-refractivity contribution in [3.8, 4) is 0 Å². The smallest absolute Gasteiger partial charge is 0.432 e. The highest BCUT2D eigenvalue weighted by atomic mass is 32.5. The molecule has 34 heavy (non-hydrogen) atoms.